The van der Waals surface area contributed by atoms with Gasteiger partial charge < -0.3 is 0 Å². The fourth-order valence-corrected chi connectivity index (χ4v) is 7.25. The number of thiophene rings is 1. The summed E-state index contributed by atoms with van der Waals surface area (Å²) in [6.45, 7) is 2.94. The van der Waals surface area contributed by atoms with Crippen LogP contribution in [0.15, 0.2) is 40.8 Å². The average molecular weight is 463 g/mol. The number of benzene rings is 1. The Morgan fingerprint density at radius 2 is 1.97 bits per heavy atom. The lowest BCUT2D eigenvalue weighted by Gasteiger charge is -2.30. The summed E-state index contributed by atoms with van der Waals surface area (Å²) in [5.74, 6) is 0. The molecule has 2 aliphatic carbocycles. The van der Waals surface area contributed by atoms with E-state index in [1.807, 2.05) is 4.57 Å². The molecule has 0 N–H and O–H groups in total. The molecule has 7 heteroatoms. The van der Waals surface area contributed by atoms with Crippen molar-refractivity contribution in [2.75, 3.05) is 7.05 Å². The normalized spacial score (nSPS) is 18.4. The second-order valence-corrected chi connectivity index (χ2v) is 11.3. The number of likely N-dealkylation sites (N-methyl/N-ethyl adjacent to an activating group) is 1. The highest BCUT2D eigenvalue weighted by Crippen LogP contribution is 2.36. The van der Waals surface area contributed by atoms with Gasteiger partial charge in [-0.2, -0.15) is 0 Å². The van der Waals surface area contributed by atoms with Crippen LogP contribution in [-0.2, 0) is 32.2 Å². The van der Waals surface area contributed by atoms with Gasteiger partial charge in [0.1, 0.15) is 4.83 Å². The van der Waals surface area contributed by atoms with E-state index >= 15 is 0 Å². The Balaban J connectivity index is 1.27. The van der Waals surface area contributed by atoms with Crippen LogP contribution in [0.3, 0.4) is 0 Å². The lowest BCUT2D eigenvalue weighted by molar-refractivity contribution is 0.213. The lowest BCUT2D eigenvalue weighted by Crippen LogP contribution is -2.36. The summed E-state index contributed by atoms with van der Waals surface area (Å²) in [5.41, 5.74) is 5.27. The standard InChI is InChI=1S/C25H26N4OS2/c1-15-27-18(13-31-15)12-28(2)19-7-8-21-22(11-19)32-24-23(21)25(30)29(14-26-24)20-9-16-5-3-4-6-17(16)10-20/h3-6,13-14,19-20H,7-12H2,1-2H3/t19-/m0/s1. The molecular weight excluding hydrogens is 436 g/mol. The predicted molar refractivity (Wildman–Crippen MR) is 131 cm³/mol. The number of nitrogens with zero attached hydrogens (tertiary/aromatic N) is 4. The maximum atomic E-state index is 13.6. The van der Waals surface area contributed by atoms with E-state index in [1.54, 1.807) is 29.0 Å². The first kappa shape index (κ1) is 20.3. The highest BCUT2D eigenvalue weighted by Gasteiger charge is 2.29. The zero-order valence-corrected chi connectivity index (χ0v) is 20.0. The van der Waals surface area contributed by atoms with Crippen molar-refractivity contribution in [3.05, 3.63) is 78.6 Å². The molecular formula is C25H26N4OS2. The van der Waals surface area contributed by atoms with Gasteiger partial charge in [0.2, 0.25) is 0 Å². The van der Waals surface area contributed by atoms with E-state index in [4.69, 9.17) is 4.98 Å². The molecule has 1 aromatic carbocycles. The summed E-state index contributed by atoms with van der Waals surface area (Å²) < 4.78 is 1.90. The van der Waals surface area contributed by atoms with Crippen molar-refractivity contribution in [3.63, 3.8) is 0 Å². The van der Waals surface area contributed by atoms with Crippen LogP contribution in [0.5, 0.6) is 0 Å². The van der Waals surface area contributed by atoms with E-state index in [0.717, 1.165) is 59.6 Å². The quantitative estimate of drug-likeness (QED) is 0.446. The minimum atomic E-state index is 0.148. The number of thiazole rings is 1. The van der Waals surface area contributed by atoms with Gasteiger partial charge in [-0.05, 0) is 62.8 Å². The molecule has 0 amide bonds. The van der Waals surface area contributed by atoms with Gasteiger partial charge in [-0.1, -0.05) is 24.3 Å². The summed E-state index contributed by atoms with van der Waals surface area (Å²) in [7, 11) is 2.20. The van der Waals surface area contributed by atoms with Crippen molar-refractivity contribution in [2.45, 2.75) is 57.7 Å². The third-order valence-corrected chi connectivity index (χ3v) is 9.08. The summed E-state index contributed by atoms with van der Waals surface area (Å²) in [6.07, 6.45) is 6.63. The smallest absolute Gasteiger partial charge is 0.262 e. The fourth-order valence-electron chi connectivity index (χ4n) is 5.40. The molecule has 0 saturated carbocycles. The molecule has 3 heterocycles. The Morgan fingerprint density at radius 3 is 2.69 bits per heavy atom. The third kappa shape index (κ3) is 3.43. The molecule has 6 rings (SSSR count). The minimum Gasteiger partial charge on any atom is -0.297 e. The van der Waals surface area contributed by atoms with Gasteiger partial charge in [-0.3, -0.25) is 14.3 Å². The Kier molecular flexibility index (Phi) is 5.01. The molecule has 0 radical (unpaired) electrons. The van der Waals surface area contributed by atoms with Gasteiger partial charge in [0.15, 0.2) is 0 Å². The van der Waals surface area contributed by atoms with Gasteiger partial charge in [-0.15, -0.1) is 22.7 Å². The van der Waals surface area contributed by atoms with Crippen molar-refractivity contribution in [1.82, 2.24) is 19.4 Å². The SMILES string of the molecule is Cc1nc(CN(C)[C@H]2CCc3c(sc4ncn(C5Cc6ccccc6C5)c(=O)c34)C2)cs1. The van der Waals surface area contributed by atoms with Gasteiger partial charge >= 0.3 is 0 Å². The number of aryl methyl sites for hydroxylation is 2. The van der Waals surface area contributed by atoms with Crippen LogP contribution in [-0.4, -0.2) is 32.5 Å². The molecule has 0 unspecified atom stereocenters. The molecule has 0 saturated heterocycles. The van der Waals surface area contributed by atoms with Gasteiger partial charge in [0.05, 0.1) is 22.4 Å². The number of fused-ring (bicyclic) bond motifs is 4. The third-order valence-electron chi connectivity index (χ3n) is 7.09. The molecule has 0 spiro atoms. The Labute approximate surface area is 195 Å². The molecule has 1 atom stereocenters. The summed E-state index contributed by atoms with van der Waals surface area (Å²) >= 11 is 3.43. The number of hydrogen-bond acceptors (Lipinski definition) is 6. The number of hydrogen-bond donors (Lipinski definition) is 0. The lowest BCUT2D eigenvalue weighted by atomic mass is 9.92. The summed E-state index contributed by atoms with van der Waals surface area (Å²) in [5, 5.41) is 4.16. The van der Waals surface area contributed by atoms with Crippen LogP contribution in [0, 0.1) is 6.92 Å². The van der Waals surface area contributed by atoms with E-state index in [-0.39, 0.29) is 11.6 Å². The van der Waals surface area contributed by atoms with Crippen LogP contribution in [0.4, 0.5) is 0 Å². The molecule has 4 aromatic rings. The van der Waals surface area contributed by atoms with Crippen LogP contribution >= 0.6 is 22.7 Å². The van der Waals surface area contributed by atoms with Crippen LogP contribution < -0.4 is 5.56 Å². The highest BCUT2D eigenvalue weighted by atomic mass is 32.1. The first-order valence-corrected chi connectivity index (χ1v) is 13.0. The Hall–Kier alpha value is -2.35. The van der Waals surface area contributed by atoms with Crippen LogP contribution in [0.1, 0.15) is 44.7 Å². The van der Waals surface area contributed by atoms with Gasteiger partial charge in [-0.25, -0.2) is 9.97 Å². The number of rotatable bonds is 4. The average Bonchev–Trinajstić information content (AvgIpc) is 3.49. The first-order valence-electron chi connectivity index (χ1n) is 11.3. The number of aromatic nitrogens is 3. The molecule has 5 nitrogen and oxygen atoms in total. The van der Waals surface area contributed by atoms with Crippen molar-refractivity contribution in [3.8, 4) is 0 Å². The molecule has 32 heavy (non-hydrogen) atoms. The maximum Gasteiger partial charge on any atom is 0.262 e. The largest absolute Gasteiger partial charge is 0.297 e. The molecule has 2 aliphatic rings. The fraction of sp³-hybridized carbons (Fsp3) is 0.400. The highest BCUT2D eigenvalue weighted by molar-refractivity contribution is 7.18. The van der Waals surface area contributed by atoms with E-state index < -0.39 is 0 Å². The van der Waals surface area contributed by atoms with E-state index in [9.17, 15) is 4.79 Å². The monoisotopic (exact) mass is 462 g/mol. The zero-order chi connectivity index (χ0) is 21.8. The second kappa shape index (κ2) is 7.90. The zero-order valence-electron chi connectivity index (χ0n) is 18.4. The summed E-state index contributed by atoms with van der Waals surface area (Å²) in [6, 6.07) is 9.19. The predicted octanol–water partition coefficient (Wildman–Crippen LogP) is 4.55. The second-order valence-electron chi connectivity index (χ2n) is 9.14. The van der Waals surface area contributed by atoms with Crippen LogP contribution in [0.2, 0.25) is 0 Å². The van der Waals surface area contributed by atoms with Crippen molar-refractivity contribution in [1.29, 1.82) is 0 Å². The Morgan fingerprint density at radius 1 is 1.19 bits per heavy atom. The van der Waals surface area contributed by atoms with Crippen molar-refractivity contribution < 1.29 is 0 Å². The van der Waals surface area contributed by atoms with Gasteiger partial charge in [0, 0.05) is 28.9 Å². The molecule has 0 fully saturated rings. The Bertz CT molecular complexity index is 1340. The minimum absolute atomic E-state index is 0.148. The van der Waals surface area contributed by atoms with E-state index in [0.29, 0.717) is 6.04 Å². The summed E-state index contributed by atoms with van der Waals surface area (Å²) in [4.78, 5) is 27.6. The van der Waals surface area contributed by atoms with E-state index in [2.05, 4.69) is 53.5 Å². The molecule has 3 aromatic heterocycles. The molecule has 0 bridgehead atoms. The van der Waals surface area contributed by atoms with Crippen LogP contribution in [0.25, 0.3) is 10.2 Å². The van der Waals surface area contributed by atoms with E-state index in [1.165, 1.54) is 21.6 Å². The maximum absolute atomic E-state index is 13.6. The van der Waals surface area contributed by atoms with Crippen molar-refractivity contribution in [2.24, 2.45) is 0 Å². The molecule has 0 aliphatic heterocycles. The van der Waals surface area contributed by atoms with Gasteiger partial charge in [0.25, 0.3) is 5.56 Å². The molecule has 164 valence electrons. The topological polar surface area (TPSA) is 51.0 Å². The van der Waals surface area contributed by atoms with Crippen molar-refractivity contribution >= 4 is 32.9 Å². The first-order chi connectivity index (χ1) is 15.6.